The molecule has 282 valence electrons. The number of carbonyl (C=O) groups excluding carboxylic acids is 2. The van der Waals surface area contributed by atoms with Crippen LogP contribution in [0, 0.1) is 0 Å². The summed E-state index contributed by atoms with van der Waals surface area (Å²) < 4.78 is 0. The monoisotopic (exact) mass is 738 g/mol. The SMILES string of the molecule is CCCCN(CCCC)c1ccc(/C=C/C=C/C(=O)N2CCCN(C(=O)/C=C/C=C/c3ccc(N(CCCC)CCCC)cc3)CC2)cc1.Cl.Cl. The van der Waals surface area contributed by atoms with Gasteiger partial charge in [-0.2, -0.15) is 0 Å². The van der Waals surface area contributed by atoms with Crippen LogP contribution in [0.1, 0.15) is 96.6 Å². The smallest absolute Gasteiger partial charge is 0.246 e. The molecule has 1 aliphatic rings. The Morgan fingerprint density at radius 3 is 1.18 bits per heavy atom. The maximum atomic E-state index is 12.9. The number of nitrogens with zero attached hydrogens (tertiary/aromatic N) is 4. The highest BCUT2D eigenvalue weighted by molar-refractivity contribution is 5.89. The molecule has 2 aromatic carbocycles. The highest BCUT2D eigenvalue weighted by Gasteiger charge is 2.19. The van der Waals surface area contributed by atoms with Gasteiger partial charge in [-0.25, -0.2) is 0 Å². The van der Waals surface area contributed by atoms with Crippen molar-refractivity contribution < 1.29 is 9.59 Å². The summed E-state index contributed by atoms with van der Waals surface area (Å²) in [6.07, 6.45) is 25.2. The first kappa shape index (κ1) is 45.5. The maximum absolute atomic E-state index is 12.9. The molecule has 0 atom stereocenters. The molecule has 0 aliphatic carbocycles. The quantitative estimate of drug-likeness (QED) is 0.100. The average molecular weight is 740 g/mol. The number of unbranched alkanes of at least 4 members (excludes halogenated alkanes) is 4. The number of rotatable bonds is 20. The molecule has 0 unspecified atom stereocenters. The van der Waals surface area contributed by atoms with E-state index in [0.717, 1.165) is 43.7 Å². The van der Waals surface area contributed by atoms with E-state index in [9.17, 15) is 9.59 Å². The molecule has 2 amide bonds. The van der Waals surface area contributed by atoms with Crippen molar-refractivity contribution in [2.75, 3.05) is 62.2 Å². The molecule has 1 saturated heterocycles. The van der Waals surface area contributed by atoms with Gasteiger partial charge in [0.05, 0.1) is 0 Å². The molecule has 0 bridgehead atoms. The van der Waals surface area contributed by atoms with E-state index in [-0.39, 0.29) is 36.6 Å². The van der Waals surface area contributed by atoms with Crippen LogP contribution in [0.4, 0.5) is 11.4 Å². The number of hydrogen-bond donors (Lipinski definition) is 0. The number of anilines is 2. The van der Waals surface area contributed by atoms with E-state index in [1.54, 1.807) is 12.2 Å². The zero-order chi connectivity index (χ0) is 35.1. The summed E-state index contributed by atoms with van der Waals surface area (Å²) in [7, 11) is 0. The van der Waals surface area contributed by atoms with Gasteiger partial charge in [0.1, 0.15) is 0 Å². The Kier molecular flexibility index (Phi) is 24.3. The van der Waals surface area contributed by atoms with Gasteiger partial charge in [-0.1, -0.05) is 114 Å². The van der Waals surface area contributed by atoms with Crippen LogP contribution in [-0.4, -0.2) is 74.0 Å². The molecule has 3 rings (SSSR count). The third kappa shape index (κ3) is 17.1. The lowest BCUT2D eigenvalue weighted by molar-refractivity contribution is -0.128. The third-order valence-corrected chi connectivity index (χ3v) is 9.04. The predicted molar refractivity (Wildman–Crippen MR) is 226 cm³/mol. The average Bonchev–Trinajstić information content (AvgIpc) is 3.39. The lowest BCUT2D eigenvalue weighted by atomic mass is 10.1. The van der Waals surface area contributed by atoms with Gasteiger partial charge in [0.15, 0.2) is 0 Å². The fraction of sp³-hybridized carbons (Fsp3) is 0.488. The van der Waals surface area contributed by atoms with Crippen molar-refractivity contribution in [2.24, 2.45) is 0 Å². The predicted octanol–water partition coefficient (Wildman–Crippen LogP) is 10.2. The molecule has 0 aromatic heterocycles. The number of amides is 2. The van der Waals surface area contributed by atoms with Gasteiger partial charge in [-0.05, 0) is 67.5 Å². The van der Waals surface area contributed by atoms with Crippen LogP contribution in [0.15, 0.2) is 85.0 Å². The molecule has 0 spiro atoms. The Morgan fingerprint density at radius 2 is 0.863 bits per heavy atom. The fourth-order valence-corrected chi connectivity index (χ4v) is 5.91. The minimum Gasteiger partial charge on any atom is -0.372 e. The van der Waals surface area contributed by atoms with Crippen LogP contribution in [0.5, 0.6) is 0 Å². The summed E-state index contributed by atoms with van der Waals surface area (Å²) >= 11 is 0. The summed E-state index contributed by atoms with van der Waals surface area (Å²) in [5.74, 6) is -0.0275. The Bertz CT molecular complexity index is 1240. The van der Waals surface area contributed by atoms with Gasteiger partial charge in [0.2, 0.25) is 11.8 Å². The molecular formula is C43H64Cl2N4O2. The second-order valence-electron chi connectivity index (χ2n) is 13.0. The highest BCUT2D eigenvalue weighted by atomic mass is 35.5. The standard InChI is InChI=1S/C43H62N4O2.2ClH/c1-5-9-30-44(31-10-6-2)40-26-22-38(23-27-40)18-13-15-20-42(48)46-34-17-35-47(37-36-46)43(49)21-16-14-19-39-24-28-41(29-25-39)45(32-11-7-3)33-12-8-4;;/h13-16,18-29H,5-12,17,30-37H2,1-4H3;2*1H/b18-13+,19-14+,20-15+,21-16+;;. The molecule has 8 heteroatoms. The first-order valence-corrected chi connectivity index (χ1v) is 19.0. The Labute approximate surface area is 322 Å². The second kappa shape index (κ2) is 27.2. The molecule has 51 heavy (non-hydrogen) atoms. The Hall–Kier alpha value is -3.48. The minimum absolute atomic E-state index is 0. The van der Waals surface area contributed by atoms with E-state index >= 15 is 0 Å². The largest absolute Gasteiger partial charge is 0.372 e. The molecule has 0 saturated carbocycles. The van der Waals surface area contributed by atoms with Crippen molar-refractivity contribution in [1.82, 2.24) is 9.80 Å². The zero-order valence-electron chi connectivity index (χ0n) is 31.7. The van der Waals surface area contributed by atoms with Crippen LogP contribution in [0.2, 0.25) is 0 Å². The van der Waals surface area contributed by atoms with Crippen LogP contribution in [-0.2, 0) is 9.59 Å². The van der Waals surface area contributed by atoms with E-state index in [1.807, 2.05) is 46.3 Å². The first-order chi connectivity index (χ1) is 24.0. The summed E-state index contributed by atoms with van der Waals surface area (Å²) in [5.41, 5.74) is 4.78. The van der Waals surface area contributed by atoms with E-state index < -0.39 is 0 Å². The van der Waals surface area contributed by atoms with Crippen molar-refractivity contribution in [3.8, 4) is 0 Å². The van der Waals surface area contributed by atoms with Gasteiger partial charge in [-0.15, -0.1) is 24.8 Å². The topological polar surface area (TPSA) is 47.1 Å². The summed E-state index contributed by atoms with van der Waals surface area (Å²) in [6.45, 7) is 15.7. The van der Waals surface area contributed by atoms with Gasteiger partial charge in [0, 0.05) is 75.9 Å². The summed E-state index contributed by atoms with van der Waals surface area (Å²) in [4.78, 5) is 34.4. The lowest BCUT2D eigenvalue weighted by Crippen LogP contribution is -2.36. The summed E-state index contributed by atoms with van der Waals surface area (Å²) in [6, 6.07) is 17.4. The highest BCUT2D eigenvalue weighted by Crippen LogP contribution is 2.19. The molecule has 6 nitrogen and oxygen atoms in total. The van der Waals surface area contributed by atoms with Crippen molar-refractivity contribution in [2.45, 2.75) is 85.5 Å². The van der Waals surface area contributed by atoms with E-state index in [2.05, 4.69) is 86.0 Å². The fourth-order valence-electron chi connectivity index (χ4n) is 5.91. The van der Waals surface area contributed by atoms with E-state index in [1.165, 1.54) is 62.7 Å². The molecule has 1 fully saturated rings. The number of halogens is 2. The van der Waals surface area contributed by atoms with Crippen LogP contribution in [0.25, 0.3) is 12.2 Å². The molecule has 1 heterocycles. The van der Waals surface area contributed by atoms with Gasteiger partial charge in [0.25, 0.3) is 0 Å². The maximum Gasteiger partial charge on any atom is 0.246 e. The normalized spacial score (nSPS) is 13.5. The molecule has 0 N–H and O–H groups in total. The zero-order valence-corrected chi connectivity index (χ0v) is 33.3. The van der Waals surface area contributed by atoms with E-state index in [4.69, 9.17) is 0 Å². The Balaban J connectivity index is 0.00000650. The molecular weight excluding hydrogens is 675 g/mol. The molecule has 0 radical (unpaired) electrons. The van der Waals surface area contributed by atoms with Crippen molar-refractivity contribution in [1.29, 1.82) is 0 Å². The van der Waals surface area contributed by atoms with Crippen LogP contribution in [0.3, 0.4) is 0 Å². The molecule has 2 aromatic rings. The number of allylic oxidation sites excluding steroid dienone is 4. The van der Waals surface area contributed by atoms with Gasteiger partial charge in [-0.3, -0.25) is 9.59 Å². The summed E-state index contributed by atoms with van der Waals surface area (Å²) in [5, 5.41) is 0. The van der Waals surface area contributed by atoms with Crippen molar-refractivity contribution in [3.63, 3.8) is 0 Å². The van der Waals surface area contributed by atoms with Crippen molar-refractivity contribution in [3.05, 3.63) is 96.1 Å². The van der Waals surface area contributed by atoms with Gasteiger partial charge >= 0.3 is 0 Å². The first-order valence-electron chi connectivity index (χ1n) is 19.0. The van der Waals surface area contributed by atoms with Gasteiger partial charge < -0.3 is 19.6 Å². The number of carbonyl (C=O) groups is 2. The minimum atomic E-state index is -0.0138. The Morgan fingerprint density at radius 1 is 0.529 bits per heavy atom. The number of hydrogen-bond acceptors (Lipinski definition) is 4. The van der Waals surface area contributed by atoms with Crippen molar-refractivity contribution >= 4 is 60.2 Å². The second-order valence-corrected chi connectivity index (χ2v) is 13.0. The number of benzene rings is 2. The molecule has 1 aliphatic heterocycles. The van der Waals surface area contributed by atoms with E-state index in [0.29, 0.717) is 26.2 Å². The third-order valence-electron chi connectivity index (χ3n) is 9.04. The van der Waals surface area contributed by atoms with Crippen LogP contribution < -0.4 is 9.80 Å². The van der Waals surface area contributed by atoms with Crippen LogP contribution >= 0.6 is 24.8 Å². The lowest BCUT2D eigenvalue weighted by Gasteiger charge is -2.24.